The molecule has 0 saturated heterocycles. The van der Waals surface area contributed by atoms with Crippen molar-refractivity contribution in [2.75, 3.05) is 5.32 Å². The minimum absolute atomic E-state index is 0.663. The second-order valence-electron chi connectivity index (χ2n) is 4.84. The van der Waals surface area contributed by atoms with Crippen LogP contribution in [0.3, 0.4) is 0 Å². The number of hydrogen-bond acceptors (Lipinski definition) is 3. The normalized spacial score (nSPS) is 23.1. The van der Waals surface area contributed by atoms with Gasteiger partial charge in [-0.1, -0.05) is 19.1 Å². The van der Waals surface area contributed by atoms with Gasteiger partial charge in [-0.3, -0.25) is 0 Å². The molecule has 1 heterocycles. The van der Waals surface area contributed by atoms with Crippen molar-refractivity contribution < 1.29 is 0 Å². The number of aromatic nitrogens is 1. The van der Waals surface area contributed by atoms with Gasteiger partial charge in [0.05, 0.1) is 0 Å². The van der Waals surface area contributed by atoms with E-state index in [4.69, 9.17) is 0 Å². The first kappa shape index (κ1) is 10.8. The van der Waals surface area contributed by atoms with Crippen molar-refractivity contribution >= 4 is 17.0 Å². The molecular formula is C14H16N2S. The Labute approximate surface area is 106 Å². The van der Waals surface area contributed by atoms with Gasteiger partial charge in [0.25, 0.3) is 0 Å². The molecule has 0 spiro atoms. The van der Waals surface area contributed by atoms with Crippen LogP contribution in [0.15, 0.2) is 35.8 Å². The maximum atomic E-state index is 4.34. The van der Waals surface area contributed by atoms with Crippen molar-refractivity contribution in [3.05, 3.63) is 35.8 Å². The monoisotopic (exact) mass is 244 g/mol. The third-order valence-corrected chi connectivity index (χ3v) is 4.11. The van der Waals surface area contributed by atoms with Crippen molar-refractivity contribution in [1.29, 1.82) is 0 Å². The molecule has 0 amide bonds. The molecule has 17 heavy (non-hydrogen) atoms. The summed E-state index contributed by atoms with van der Waals surface area (Å²) in [6, 6.07) is 9.22. The van der Waals surface area contributed by atoms with Crippen molar-refractivity contribution in [2.24, 2.45) is 5.92 Å². The van der Waals surface area contributed by atoms with E-state index in [9.17, 15) is 0 Å². The molecule has 1 aromatic heterocycles. The van der Waals surface area contributed by atoms with Crippen LogP contribution in [-0.4, -0.2) is 11.0 Å². The molecule has 0 radical (unpaired) electrons. The largest absolute Gasteiger partial charge is 0.382 e. The Morgan fingerprint density at radius 3 is 2.94 bits per heavy atom. The van der Waals surface area contributed by atoms with Crippen LogP contribution < -0.4 is 5.32 Å². The number of hydrogen-bond donors (Lipinski definition) is 1. The van der Waals surface area contributed by atoms with E-state index >= 15 is 0 Å². The van der Waals surface area contributed by atoms with E-state index in [1.54, 1.807) is 11.3 Å². The smallest absolute Gasteiger partial charge is 0.123 e. The summed E-state index contributed by atoms with van der Waals surface area (Å²) in [5, 5.41) is 6.70. The molecule has 1 aliphatic carbocycles. The lowest BCUT2D eigenvalue weighted by molar-refractivity contribution is 0.309. The van der Waals surface area contributed by atoms with Gasteiger partial charge in [-0.25, -0.2) is 4.98 Å². The second-order valence-corrected chi connectivity index (χ2v) is 5.73. The summed E-state index contributed by atoms with van der Waals surface area (Å²) < 4.78 is 0. The van der Waals surface area contributed by atoms with Gasteiger partial charge in [-0.15, -0.1) is 11.3 Å². The molecule has 0 unspecified atom stereocenters. The van der Waals surface area contributed by atoms with E-state index in [1.165, 1.54) is 24.1 Å². The van der Waals surface area contributed by atoms with Gasteiger partial charge in [0.2, 0.25) is 0 Å². The molecule has 3 heteroatoms. The van der Waals surface area contributed by atoms with Crippen molar-refractivity contribution in [2.45, 2.75) is 25.8 Å². The average molecular weight is 244 g/mol. The minimum Gasteiger partial charge on any atom is -0.382 e. The molecule has 0 atom stereocenters. The van der Waals surface area contributed by atoms with Gasteiger partial charge < -0.3 is 5.32 Å². The SMILES string of the molecule is CC1CC(Nc2cccc(-c3nccs3)c2)C1. The first-order valence-electron chi connectivity index (χ1n) is 6.08. The van der Waals surface area contributed by atoms with Gasteiger partial charge in [-0.2, -0.15) is 0 Å². The highest BCUT2D eigenvalue weighted by molar-refractivity contribution is 7.13. The van der Waals surface area contributed by atoms with Gasteiger partial charge in [0.15, 0.2) is 0 Å². The highest BCUT2D eigenvalue weighted by Crippen LogP contribution is 2.31. The molecule has 2 nitrogen and oxygen atoms in total. The number of benzene rings is 1. The first-order valence-corrected chi connectivity index (χ1v) is 6.96. The number of anilines is 1. The van der Waals surface area contributed by atoms with Crippen LogP contribution in [0.25, 0.3) is 10.6 Å². The van der Waals surface area contributed by atoms with Crippen LogP contribution in [0, 0.1) is 5.92 Å². The van der Waals surface area contributed by atoms with E-state index in [-0.39, 0.29) is 0 Å². The summed E-state index contributed by atoms with van der Waals surface area (Å²) in [6.45, 7) is 2.31. The van der Waals surface area contributed by atoms with Crippen LogP contribution in [0.4, 0.5) is 5.69 Å². The van der Waals surface area contributed by atoms with Gasteiger partial charge >= 0.3 is 0 Å². The van der Waals surface area contributed by atoms with Crippen molar-refractivity contribution in [3.8, 4) is 10.6 Å². The first-order chi connectivity index (χ1) is 8.31. The molecule has 1 saturated carbocycles. The molecular weight excluding hydrogens is 228 g/mol. The Kier molecular flexibility index (Phi) is 2.85. The standard InChI is InChI=1S/C14H16N2S/c1-10-7-13(8-10)16-12-4-2-3-11(9-12)14-15-5-6-17-14/h2-6,9-10,13,16H,7-8H2,1H3. The summed E-state index contributed by atoms with van der Waals surface area (Å²) in [5.74, 6) is 0.884. The molecule has 0 aliphatic heterocycles. The van der Waals surface area contributed by atoms with Gasteiger partial charge in [0.1, 0.15) is 5.01 Å². The summed E-state index contributed by atoms with van der Waals surface area (Å²) in [4.78, 5) is 4.34. The van der Waals surface area contributed by atoms with Crippen LogP contribution in [0.1, 0.15) is 19.8 Å². The Balaban J connectivity index is 1.75. The summed E-state index contributed by atoms with van der Waals surface area (Å²) in [6.07, 6.45) is 4.44. The minimum atomic E-state index is 0.663. The van der Waals surface area contributed by atoms with E-state index in [1.807, 2.05) is 11.6 Å². The fraction of sp³-hybridized carbons (Fsp3) is 0.357. The summed E-state index contributed by atoms with van der Waals surface area (Å²) >= 11 is 1.68. The highest BCUT2D eigenvalue weighted by atomic mass is 32.1. The van der Waals surface area contributed by atoms with E-state index in [0.717, 1.165) is 10.9 Å². The van der Waals surface area contributed by atoms with Crippen LogP contribution in [0.2, 0.25) is 0 Å². The lowest BCUT2D eigenvalue weighted by atomic mass is 9.82. The van der Waals surface area contributed by atoms with Crippen LogP contribution >= 0.6 is 11.3 Å². The third kappa shape index (κ3) is 2.34. The van der Waals surface area contributed by atoms with Crippen LogP contribution in [-0.2, 0) is 0 Å². The molecule has 88 valence electrons. The highest BCUT2D eigenvalue weighted by Gasteiger charge is 2.24. The third-order valence-electron chi connectivity index (χ3n) is 3.29. The van der Waals surface area contributed by atoms with Crippen LogP contribution in [0.5, 0.6) is 0 Å². The number of thiazole rings is 1. The zero-order chi connectivity index (χ0) is 11.7. The number of nitrogens with one attached hydrogen (secondary N) is 1. The molecule has 1 aliphatic rings. The maximum absolute atomic E-state index is 4.34. The quantitative estimate of drug-likeness (QED) is 0.882. The Hall–Kier alpha value is -1.35. The Morgan fingerprint density at radius 1 is 1.35 bits per heavy atom. The van der Waals surface area contributed by atoms with E-state index < -0.39 is 0 Å². The van der Waals surface area contributed by atoms with E-state index in [0.29, 0.717) is 6.04 Å². The van der Waals surface area contributed by atoms with Gasteiger partial charge in [-0.05, 0) is 30.9 Å². The summed E-state index contributed by atoms with van der Waals surface area (Å²) in [7, 11) is 0. The van der Waals surface area contributed by atoms with E-state index in [2.05, 4.69) is 41.5 Å². The molecule has 1 fully saturated rings. The average Bonchev–Trinajstić information content (AvgIpc) is 2.81. The predicted molar refractivity (Wildman–Crippen MR) is 73.4 cm³/mol. The number of nitrogens with zero attached hydrogens (tertiary/aromatic N) is 1. The maximum Gasteiger partial charge on any atom is 0.123 e. The molecule has 3 rings (SSSR count). The zero-order valence-corrected chi connectivity index (χ0v) is 10.7. The Morgan fingerprint density at radius 2 is 2.24 bits per heavy atom. The molecule has 1 N–H and O–H groups in total. The molecule has 2 aromatic rings. The fourth-order valence-electron chi connectivity index (χ4n) is 2.36. The molecule has 0 bridgehead atoms. The second kappa shape index (κ2) is 4.49. The predicted octanol–water partition coefficient (Wildman–Crippen LogP) is 4.02. The Bertz CT molecular complexity index is 487. The molecule has 1 aromatic carbocycles. The lowest BCUT2D eigenvalue weighted by Gasteiger charge is -2.34. The zero-order valence-electron chi connectivity index (χ0n) is 9.89. The van der Waals surface area contributed by atoms with Crippen molar-refractivity contribution in [3.63, 3.8) is 0 Å². The van der Waals surface area contributed by atoms with Crippen molar-refractivity contribution in [1.82, 2.24) is 4.98 Å². The summed E-state index contributed by atoms with van der Waals surface area (Å²) in [5.41, 5.74) is 2.42. The topological polar surface area (TPSA) is 24.9 Å². The lowest BCUT2D eigenvalue weighted by Crippen LogP contribution is -2.33. The fourth-order valence-corrected chi connectivity index (χ4v) is 3.00. The number of rotatable bonds is 3. The van der Waals surface area contributed by atoms with Gasteiger partial charge in [0, 0.05) is 28.9 Å².